The van der Waals surface area contributed by atoms with E-state index in [9.17, 15) is 19.2 Å². The van der Waals surface area contributed by atoms with E-state index < -0.39 is 24.3 Å². The highest BCUT2D eigenvalue weighted by molar-refractivity contribution is 5.87. The van der Waals surface area contributed by atoms with Gasteiger partial charge in [0.1, 0.15) is 23.7 Å². The largest absolute Gasteiger partial charge is 0.453 e. The van der Waals surface area contributed by atoms with Crippen molar-refractivity contribution in [3.05, 3.63) is 72.6 Å². The van der Waals surface area contributed by atoms with E-state index in [-0.39, 0.29) is 23.8 Å². The molecule has 51 heavy (non-hydrogen) atoms. The minimum Gasteiger partial charge on any atom is -0.453 e. The van der Waals surface area contributed by atoms with E-state index in [4.69, 9.17) is 4.74 Å². The van der Waals surface area contributed by atoms with Gasteiger partial charge in [-0.25, -0.2) is 19.6 Å². The molecule has 0 radical (unpaired) electrons. The Balaban J connectivity index is 1.08. The van der Waals surface area contributed by atoms with Crippen LogP contribution in [0.1, 0.15) is 57.2 Å². The quantitative estimate of drug-likeness (QED) is 0.179. The van der Waals surface area contributed by atoms with Gasteiger partial charge in [0, 0.05) is 13.1 Å². The molecule has 2 unspecified atom stereocenters. The number of imidazole rings is 2. The highest BCUT2D eigenvalue weighted by atomic mass is 16.5. The number of carbonyl (C=O) groups excluding carboxylic acids is 4. The number of likely N-dealkylation sites (tertiary alicyclic amines) is 2. The Morgan fingerprint density at radius 2 is 1.41 bits per heavy atom. The third-order valence-electron chi connectivity index (χ3n) is 9.54. The maximum absolute atomic E-state index is 13.5. The number of ether oxygens (including phenoxy) is 2. The van der Waals surface area contributed by atoms with Gasteiger partial charge in [-0.3, -0.25) is 9.59 Å². The summed E-state index contributed by atoms with van der Waals surface area (Å²) in [7, 11) is 2.57. The van der Waals surface area contributed by atoms with Gasteiger partial charge in [0.05, 0.1) is 50.6 Å². The first-order valence-electron chi connectivity index (χ1n) is 17.2. The molecule has 0 saturated carbocycles. The third-order valence-corrected chi connectivity index (χ3v) is 9.54. The van der Waals surface area contributed by atoms with Crippen LogP contribution in [0.15, 0.2) is 60.9 Å². The Morgan fingerprint density at radius 1 is 0.824 bits per heavy atom. The number of methoxy groups -OCH3 is 2. The summed E-state index contributed by atoms with van der Waals surface area (Å²) >= 11 is 0. The Labute approximate surface area is 296 Å². The third kappa shape index (κ3) is 7.89. The minimum absolute atomic E-state index is 0.102. The number of carbonyl (C=O) groups is 4. The maximum atomic E-state index is 13.5. The second kappa shape index (κ2) is 15.5. The average Bonchev–Trinajstić information content (AvgIpc) is 3.94. The van der Waals surface area contributed by atoms with Gasteiger partial charge in [-0.2, -0.15) is 0 Å². The second-order valence-electron chi connectivity index (χ2n) is 13.2. The Morgan fingerprint density at radius 3 is 2.04 bits per heavy atom. The first-order valence-corrected chi connectivity index (χ1v) is 17.2. The molecule has 6 rings (SSSR count). The summed E-state index contributed by atoms with van der Waals surface area (Å²) in [5.41, 5.74) is 5.75. The predicted octanol–water partition coefficient (Wildman–Crippen LogP) is 5.02. The smallest absolute Gasteiger partial charge is 0.407 e. The van der Waals surface area contributed by atoms with Crippen LogP contribution in [0.5, 0.6) is 0 Å². The van der Waals surface area contributed by atoms with Crippen molar-refractivity contribution in [2.75, 3.05) is 27.3 Å². The monoisotopic (exact) mass is 696 g/mol. The predicted molar refractivity (Wildman–Crippen MR) is 189 cm³/mol. The standard InChI is InChI=1S/C37H44N8O6/c1-22(2)32(43-37(49)51-4)35(47)45-18-6-8-30(45)33-39-20-29(41-33)26-15-11-24(12-16-26)23-9-13-25(14-10-23)28-19-38-31(40-28)21-44-17-5-7-27(34(44)46)42-36(48)50-3/h9-16,19-20,22,27,30,32H,5-8,17-18,21H2,1-4H3,(H,38,40)(H,39,41)(H,42,48)(H,43,49)/t27-,30?,32?/m0/s1. The summed E-state index contributed by atoms with van der Waals surface area (Å²) in [6.07, 6.45) is 5.31. The number of amides is 4. The van der Waals surface area contributed by atoms with Gasteiger partial charge >= 0.3 is 12.2 Å². The van der Waals surface area contributed by atoms with Crippen LogP contribution in [0.3, 0.4) is 0 Å². The van der Waals surface area contributed by atoms with Crippen molar-refractivity contribution in [3.63, 3.8) is 0 Å². The zero-order valence-corrected chi connectivity index (χ0v) is 29.3. The van der Waals surface area contributed by atoms with Gasteiger partial charge in [-0.05, 0) is 53.9 Å². The van der Waals surface area contributed by atoms with Crippen LogP contribution in [0.25, 0.3) is 33.6 Å². The fourth-order valence-electron chi connectivity index (χ4n) is 6.73. The number of rotatable bonds is 10. The van der Waals surface area contributed by atoms with Gasteiger partial charge in [0.2, 0.25) is 11.8 Å². The Hall–Kier alpha value is -5.66. The summed E-state index contributed by atoms with van der Waals surface area (Å²) in [4.78, 5) is 69.3. The van der Waals surface area contributed by atoms with E-state index in [2.05, 4.69) is 59.6 Å². The highest BCUT2D eigenvalue weighted by Gasteiger charge is 2.37. The summed E-state index contributed by atoms with van der Waals surface area (Å²) in [6.45, 7) is 5.31. The van der Waals surface area contributed by atoms with Crippen molar-refractivity contribution in [3.8, 4) is 33.6 Å². The van der Waals surface area contributed by atoms with E-state index in [1.165, 1.54) is 14.2 Å². The summed E-state index contributed by atoms with van der Waals surface area (Å²) in [6, 6.07) is 14.9. The average molecular weight is 697 g/mol. The normalized spacial score (nSPS) is 18.1. The molecular formula is C37H44N8O6. The molecule has 2 aromatic carbocycles. The number of aromatic amines is 2. The van der Waals surface area contributed by atoms with Crippen molar-refractivity contribution in [2.45, 2.75) is 64.2 Å². The Bertz CT molecular complexity index is 1850. The van der Waals surface area contributed by atoms with E-state index in [0.29, 0.717) is 31.9 Å². The van der Waals surface area contributed by atoms with Gasteiger partial charge in [-0.1, -0.05) is 62.4 Å². The lowest BCUT2D eigenvalue weighted by Crippen LogP contribution is -2.51. The molecular weight excluding hydrogens is 652 g/mol. The zero-order valence-electron chi connectivity index (χ0n) is 29.3. The van der Waals surface area contributed by atoms with Crippen LogP contribution >= 0.6 is 0 Å². The molecule has 268 valence electrons. The summed E-state index contributed by atoms with van der Waals surface area (Å²) in [5.74, 6) is 1.00. The summed E-state index contributed by atoms with van der Waals surface area (Å²) in [5, 5.41) is 5.30. The number of H-pyrrole nitrogens is 2. The lowest BCUT2D eigenvalue weighted by atomic mass is 10.0. The van der Waals surface area contributed by atoms with E-state index >= 15 is 0 Å². The van der Waals surface area contributed by atoms with Gasteiger partial charge in [0.25, 0.3) is 0 Å². The van der Waals surface area contributed by atoms with E-state index in [0.717, 1.165) is 58.7 Å². The fourth-order valence-corrected chi connectivity index (χ4v) is 6.73. The van der Waals surface area contributed by atoms with Crippen molar-refractivity contribution < 1.29 is 28.7 Å². The fraction of sp³-hybridized carbons (Fsp3) is 0.405. The number of hydrogen-bond acceptors (Lipinski definition) is 8. The first-order chi connectivity index (χ1) is 24.6. The molecule has 0 aliphatic carbocycles. The van der Waals surface area contributed by atoms with Crippen LogP contribution in [0, 0.1) is 5.92 Å². The van der Waals surface area contributed by atoms with Crippen LogP contribution in [-0.2, 0) is 25.6 Å². The molecule has 4 heterocycles. The van der Waals surface area contributed by atoms with Gasteiger partial charge < -0.3 is 39.9 Å². The number of nitrogens with one attached hydrogen (secondary N) is 4. The molecule has 3 atom stereocenters. The highest BCUT2D eigenvalue weighted by Crippen LogP contribution is 2.33. The molecule has 14 heteroatoms. The number of hydrogen-bond donors (Lipinski definition) is 4. The van der Waals surface area contributed by atoms with Crippen molar-refractivity contribution in [1.29, 1.82) is 0 Å². The van der Waals surface area contributed by atoms with Crippen molar-refractivity contribution in [2.24, 2.45) is 5.92 Å². The van der Waals surface area contributed by atoms with E-state index in [1.807, 2.05) is 38.1 Å². The molecule has 0 bridgehead atoms. The number of aromatic nitrogens is 4. The number of benzene rings is 2. The van der Waals surface area contributed by atoms with E-state index in [1.54, 1.807) is 22.2 Å². The number of alkyl carbamates (subject to hydrolysis) is 2. The first kappa shape index (κ1) is 35.2. The van der Waals surface area contributed by atoms with Crippen LogP contribution in [0.4, 0.5) is 9.59 Å². The molecule has 2 saturated heterocycles. The molecule has 4 aromatic rings. The van der Waals surface area contributed by atoms with Crippen LogP contribution < -0.4 is 10.6 Å². The molecule has 14 nitrogen and oxygen atoms in total. The van der Waals surface area contributed by atoms with Gasteiger partial charge in [0.15, 0.2) is 0 Å². The minimum atomic E-state index is -0.685. The Kier molecular flexibility index (Phi) is 10.7. The SMILES string of the molecule is COC(=O)NC(C(=O)N1CCCC1c1ncc(-c2ccc(-c3ccc(-c4cnc(CN5CCC[C@H](NC(=O)OC)C5=O)[nH]4)cc3)cc2)[nH]1)C(C)C. The lowest BCUT2D eigenvalue weighted by Gasteiger charge is -2.31. The molecule has 0 spiro atoms. The van der Waals surface area contributed by atoms with Crippen LogP contribution in [-0.4, -0.2) is 93.1 Å². The molecule has 4 N–H and O–H groups in total. The topological polar surface area (TPSA) is 175 Å². The lowest BCUT2D eigenvalue weighted by molar-refractivity contribution is -0.136. The molecule has 2 aliphatic heterocycles. The number of piperidine rings is 1. The van der Waals surface area contributed by atoms with Crippen LogP contribution in [0.2, 0.25) is 0 Å². The zero-order chi connectivity index (χ0) is 36.1. The number of nitrogens with zero attached hydrogens (tertiary/aromatic N) is 4. The summed E-state index contributed by atoms with van der Waals surface area (Å²) < 4.78 is 9.39. The molecule has 2 fully saturated rings. The molecule has 4 amide bonds. The van der Waals surface area contributed by atoms with Gasteiger partial charge in [-0.15, -0.1) is 0 Å². The maximum Gasteiger partial charge on any atom is 0.407 e. The molecule has 2 aliphatic rings. The van der Waals surface area contributed by atoms with Crippen molar-refractivity contribution >= 4 is 24.0 Å². The molecule has 2 aromatic heterocycles. The van der Waals surface area contributed by atoms with Crippen molar-refractivity contribution in [1.82, 2.24) is 40.4 Å². The second-order valence-corrected chi connectivity index (χ2v) is 13.2.